The van der Waals surface area contributed by atoms with E-state index in [1.807, 2.05) is 6.92 Å². The summed E-state index contributed by atoms with van der Waals surface area (Å²) in [6.45, 7) is 2.11. The molecule has 0 spiro atoms. The van der Waals surface area contributed by atoms with Gasteiger partial charge >= 0.3 is 6.18 Å². The number of ketones is 1. The summed E-state index contributed by atoms with van der Waals surface area (Å²) in [4.78, 5) is 27.3. The van der Waals surface area contributed by atoms with Crippen molar-refractivity contribution in [3.8, 4) is 0 Å². The quantitative estimate of drug-likeness (QED) is 0.501. The Balaban J connectivity index is 1.62. The second-order valence-corrected chi connectivity index (χ2v) is 7.49. The van der Waals surface area contributed by atoms with Crippen molar-refractivity contribution in [2.24, 2.45) is 0 Å². The summed E-state index contributed by atoms with van der Waals surface area (Å²) in [6.07, 6.45) is -2.99. The minimum atomic E-state index is -4.45. The standard InChI is InChI=1S/C22H19F3N4O2/c1-13-12-28(18-8-4-16(5-9-18)22(23,24)25)21(31)20-15(11-27-29(13)20)10-19(30)14-2-6-17(26)7-3-14/h2-9,11,13H,10,12,26H2,1H3/t13-/m0/s1. The van der Waals surface area contributed by atoms with Gasteiger partial charge in [-0.2, -0.15) is 18.3 Å². The highest BCUT2D eigenvalue weighted by Gasteiger charge is 2.35. The molecule has 31 heavy (non-hydrogen) atoms. The number of fused-ring (bicyclic) bond motifs is 1. The van der Waals surface area contributed by atoms with Crippen molar-refractivity contribution in [2.75, 3.05) is 17.2 Å². The van der Waals surface area contributed by atoms with Gasteiger partial charge < -0.3 is 10.6 Å². The Morgan fingerprint density at radius 2 is 1.77 bits per heavy atom. The van der Waals surface area contributed by atoms with Crippen LogP contribution < -0.4 is 10.6 Å². The Labute approximate surface area is 176 Å². The molecular formula is C22H19F3N4O2. The lowest BCUT2D eigenvalue weighted by Crippen LogP contribution is -2.43. The number of nitrogens with two attached hydrogens (primary N) is 1. The van der Waals surface area contributed by atoms with Crippen LogP contribution in [0.1, 0.15) is 44.9 Å². The molecule has 1 aromatic heterocycles. The fourth-order valence-corrected chi connectivity index (χ4v) is 3.65. The first-order chi connectivity index (χ1) is 14.6. The van der Waals surface area contributed by atoms with Gasteiger partial charge in [0.1, 0.15) is 5.69 Å². The third-order valence-corrected chi connectivity index (χ3v) is 5.27. The van der Waals surface area contributed by atoms with Crippen LogP contribution in [0, 0.1) is 0 Å². The molecule has 2 aromatic carbocycles. The Morgan fingerprint density at radius 3 is 2.39 bits per heavy atom. The van der Waals surface area contributed by atoms with Gasteiger partial charge in [-0.15, -0.1) is 0 Å². The highest BCUT2D eigenvalue weighted by molar-refractivity contribution is 6.08. The van der Waals surface area contributed by atoms with Crippen LogP contribution in [0.2, 0.25) is 0 Å². The molecule has 1 aliphatic heterocycles. The number of carbonyl (C=O) groups excluding carboxylic acids is 2. The van der Waals surface area contributed by atoms with Crippen LogP contribution in [0.3, 0.4) is 0 Å². The molecule has 2 heterocycles. The Kier molecular flexibility index (Phi) is 5.04. The van der Waals surface area contributed by atoms with Gasteiger partial charge in [0.15, 0.2) is 5.78 Å². The fraction of sp³-hybridized carbons (Fsp3) is 0.227. The third kappa shape index (κ3) is 3.90. The first-order valence-corrected chi connectivity index (χ1v) is 9.59. The predicted molar refractivity (Wildman–Crippen MR) is 109 cm³/mol. The second kappa shape index (κ2) is 7.57. The number of amides is 1. The zero-order valence-electron chi connectivity index (χ0n) is 16.6. The van der Waals surface area contributed by atoms with Crippen LogP contribution in [0.15, 0.2) is 54.7 Å². The predicted octanol–water partition coefficient (Wildman–Crippen LogP) is 4.13. The molecule has 1 atom stereocenters. The van der Waals surface area contributed by atoms with E-state index in [0.29, 0.717) is 22.5 Å². The molecule has 1 aliphatic rings. The minimum Gasteiger partial charge on any atom is -0.399 e. The molecule has 0 unspecified atom stereocenters. The van der Waals surface area contributed by atoms with E-state index in [1.54, 1.807) is 28.9 Å². The second-order valence-electron chi connectivity index (χ2n) is 7.49. The van der Waals surface area contributed by atoms with E-state index in [4.69, 9.17) is 5.73 Å². The van der Waals surface area contributed by atoms with Gasteiger partial charge in [-0.25, -0.2) is 0 Å². The Hall–Kier alpha value is -3.62. The first kappa shape index (κ1) is 20.6. The van der Waals surface area contributed by atoms with Gasteiger partial charge in [-0.1, -0.05) is 0 Å². The van der Waals surface area contributed by atoms with E-state index in [9.17, 15) is 22.8 Å². The minimum absolute atomic E-state index is 0.0292. The summed E-state index contributed by atoms with van der Waals surface area (Å²) < 4.78 is 40.1. The number of benzene rings is 2. The molecule has 0 aliphatic carbocycles. The monoisotopic (exact) mass is 428 g/mol. The highest BCUT2D eigenvalue weighted by Crippen LogP contribution is 2.33. The summed E-state index contributed by atoms with van der Waals surface area (Å²) in [6, 6.07) is 10.7. The Bertz CT molecular complexity index is 1140. The van der Waals surface area contributed by atoms with Gasteiger partial charge in [-0.3, -0.25) is 14.3 Å². The third-order valence-electron chi connectivity index (χ3n) is 5.27. The first-order valence-electron chi connectivity index (χ1n) is 9.59. The van der Waals surface area contributed by atoms with E-state index >= 15 is 0 Å². The van der Waals surface area contributed by atoms with Crippen molar-refractivity contribution < 1.29 is 22.8 Å². The SMILES string of the molecule is C[C@H]1CN(c2ccc(C(F)(F)F)cc2)C(=O)c2c(CC(=O)c3ccc(N)cc3)cnn21. The fourth-order valence-electron chi connectivity index (χ4n) is 3.65. The molecule has 1 amide bonds. The summed E-state index contributed by atoms with van der Waals surface area (Å²) in [5.74, 6) is -0.599. The molecule has 2 N–H and O–H groups in total. The summed E-state index contributed by atoms with van der Waals surface area (Å²) in [7, 11) is 0. The van der Waals surface area contributed by atoms with Crippen molar-refractivity contribution in [3.05, 3.63) is 77.1 Å². The zero-order valence-corrected chi connectivity index (χ0v) is 16.6. The van der Waals surface area contributed by atoms with Crippen molar-refractivity contribution in [1.29, 1.82) is 0 Å². The van der Waals surface area contributed by atoms with Crippen LogP contribution >= 0.6 is 0 Å². The Morgan fingerprint density at radius 1 is 1.13 bits per heavy atom. The van der Waals surface area contributed by atoms with E-state index in [2.05, 4.69) is 5.10 Å². The van der Waals surface area contributed by atoms with Gasteiger partial charge in [0.2, 0.25) is 0 Å². The average Bonchev–Trinajstić information content (AvgIpc) is 3.15. The van der Waals surface area contributed by atoms with Crippen LogP contribution in [0.25, 0.3) is 0 Å². The maximum atomic E-state index is 13.2. The molecule has 3 aromatic rings. The number of aromatic nitrogens is 2. The number of hydrogen-bond acceptors (Lipinski definition) is 4. The van der Waals surface area contributed by atoms with Gasteiger partial charge in [0, 0.05) is 35.5 Å². The van der Waals surface area contributed by atoms with Crippen molar-refractivity contribution in [3.63, 3.8) is 0 Å². The lowest BCUT2D eigenvalue weighted by Gasteiger charge is -2.32. The number of nitrogen functional groups attached to an aromatic ring is 1. The molecular weight excluding hydrogens is 409 g/mol. The lowest BCUT2D eigenvalue weighted by atomic mass is 10.0. The summed E-state index contributed by atoms with van der Waals surface area (Å²) in [5.41, 5.74) is 6.96. The normalized spacial score (nSPS) is 16.3. The molecule has 0 bridgehead atoms. The van der Waals surface area contributed by atoms with Crippen molar-refractivity contribution in [2.45, 2.75) is 25.6 Å². The average molecular weight is 428 g/mol. The number of alkyl halides is 3. The molecule has 6 nitrogen and oxygen atoms in total. The number of carbonyl (C=O) groups is 2. The molecule has 160 valence electrons. The number of nitrogens with zero attached hydrogens (tertiary/aromatic N) is 3. The van der Waals surface area contributed by atoms with Gasteiger partial charge in [-0.05, 0) is 55.5 Å². The van der Waals surface area contributed by atoms with E-state index in [1.165, 1.54) is 23.2 Å². The van der Waals surface area contributed by atoms with E-state index < -0.39 is 17.6 Å². The van der Waals surface area contributed by atoms with E-state index in [-0.39, 0.29) is 30.5 Å². The smallest absolute Gasteiger partial charge is 0.399 e. The van der Waals surface area contributed by atoms with Crippen molar-refractivity contribution in [1.82, 2.24) is 9.78 Å². The molecule has 0 saturated heterocycles. The summed E-state index contributed by atoms with van der Waals surface area (Å²) in [5, 5.41) is 4.27. The van der Waals surface area contributed by atoms with Crippen LogP contribution in [-0.4, -0.2) is 28.0 Å². The molecule has 0 saturated carbocycles. The largest absolute Gasteiger partial charge is 0.416 e. The topological polar surface area (TPSA) is 81.2 Å². The number of hydrogen-bond donors (Lipinski definition) is 1. The maximum absolute atomic E-state index is 13.2. The lowest BCUT2D eigenvalue weighted by molar-refractivity contribution is -0.137. The number of anilines is 2. The molecule has 0 fully saturated rings. The highest BCUT2D eigenvalue weighted by atomic mass is 19.4. The number of Topliss-reactive ketones (excluding diaryl/α,β-unsaturated/α-hetero) is 1. The molecule has 0 radical (unpaired) electrons. The molecule has 9 heteroatoms. The van der Waals surface area contributed by atoms with Gasteiger partial charge in [0.05, 0.1) is 17.8 Å². The summed E-state index contributed by atoms with van der Waals surface area (Å²) >= 11 is 0. The van der Waals surface area contributed by atoms with Crippen molar-refractivity contribution >= 4 is 23.1 Å². The maximum Gasteiger partial charge on any atom is 0.416 e. The van der Waals surface area contributed by atoms with E-state index in [0.717, 1.165) is 12.1 Å². The zero-order chi connectivity index (χ0) is 22.3. The van der Waals surface area contributed by atoms with Crippen LogP contribution in [0.4, 0.5) is 24.5 Å². The number of rotatable bonds is 4. The molecule has 4 rings (SSSR count). The van der Waals surface area contributed by atoms with Crippen LogP contribution in [-0.2, 0) is 12.6 Å². The van der Waals surface area contributed by atoms with Crippen LogP contribution in [0.5, 0.6) is 0 Å². The number of halogens is 3. The van der Waals surface area contributed by atoms with Gasteiger partial charge in [0.25, 0.3) is 5.91 Å².